The number of rotatable bonds is 3. The Morgan fingerprint density at radius 3 is 2.30 bits per heavy atom. The molecule has 2 unspecified atom stereocenters. The summed E-state index contributed by atoms with van der Waals surface area (Å²) in [4.78, 5) is 16.4. The number of alkyl halides is 3. The Labute approximate surface area is 177 Å². The number of anilines is 1. The number of amides is 1. The molecule has 160 valence electrons. The lowest BCUT2D eigenvalue weighted by Crippen LogP contribution is -2.53. The van der Waals surface area contributed by atoms with Crippen molar-refractivity contribution in [2.75, 3.05) is 31.1 Å². The topological polar surface area (TPSA) is 23.6 Å². The third-order valence-electron chi connectivity index (χ3n) is 6.20. The molecule has 2 atom stereocenters. The number of nitrogens with zero attached hydrogens (tertiary/aromatic N) is 2. The van der Waals surface area contributed by atoms with Crippen LogP contribution in [0.5, 0.6) is 0 Å². The molecular weight excluding hydrogens is 420 g/mol. The molecule has 1 aliphatic carbocycles. The van der Waals surface area contributed by atoms with Crippen LogP contribution in [0.25, 0.3) is 0 Å². The van der Waals surface area contributed by atoms with Gasteiger partial charge in [-0.2, -0.15) is 13.2 Å². The van der Waals surface area contributed by atoms with E-state index in [9.17, 15) is 22.4 Å². The highest BCUT2D eigenvalue weighted by atomic mass is 35.5. The van der Waals surface area contributed by atoms with E-state index in [1.54, 1.807) is 6.07 Å². The average Bonchev–Trinajstić information content (AvgIpc) is 3.47. The molecule has 1 saturated heterocycles. The van der Waals surface area contributed by atoms with Crippen LogP contribution in [0.1, 0.15) is 23.5 Å². The molecule has 30 heavy (non-hydrogen) atoms. The van der Waals surface area contributed by atoms with Gasteiger partial charge in [0.15, 0.2) is 5.41 Å². The Morgan fingerprint density at radius 1 is 1.07 bits per heavy atom. The minimum Gasteiger partial charge on any atom is -0.368 e. The number of carbonyl (C=O) groups excluding carboxylic acids is 1. The maximum atomic E-state index is 14.0. The number of halogens is 5. The largest absolute Gasteiger partial charge is 0.403 e. The molecule has 2 aromatic carbocycles. The molecule has 4 rings (SSSR count). The fourth-order valence-corrected chi connectivity index (χ4v) is 4.55. The van der Waals surface area contributed by atoms with Crippen molar-refractivity contribution in [3.63, 3.8) is 0 Å². The van der Waals surface area contributed by atoms with Gasteiger partial charge in [0, 0.05) is 42.8 Å². The molecule has 0 N–H and O–H groups in total. The van der Waals surface area contributed by atoms with Crippen LogP contribution in [0.2, 0.25) is 5.02 Å². The lowest BCUT2D eigenvalue weighted by molar-refractivity contribution is -0.200. The van der Waals surface area contributed by atoms with E-state index < -0.39 is 29.2 Å². The van der Waals surface area contributed by atoms with E-state index in [2.05, 4.69) is 0 Å². The number of hydrogen-bond acceptors (Lipinski definition) is 2. The maximum absolute atomic E-state index is 14.0. The maximum Gasteiger partial charge on any atom is 0.403 e. The SMILES string of the molecule is Cc1ccc(Cl)cc1N1CCN(C(=O)C2(C(F)(F)F)CC2c2ccc(F)cc2)CC1. The molecule has 0 aromatic heterocycles. The van der Waals surface area contributed by atoms with Crippen LogP contribution in [0.15, 0.2) is 42.5 Å². The van der Waals surface area contributed by atoms with Gasteiger partial charge in [0.2, 0.25) is 5.91 Å². The summed E-state index contributed by atoms with van der Waals surface area (Å²) in [7, 11) is 0. The highest BCUT2D eigenvalue weighted by Gasteiger charge is 2.76. The van der Waals surface area contributed by atoms with Gasteiger partial charge in [-0.3, -0.25) is 4.79 Å². The summed E-state index contributed by atoms with van der Waals surface area (Å²) in [6.07, 6.45) is -4.96. The number of piperazine rings is 1. The minimum atomic E-state index is -4.66. The van der Waals surface area contributed by atoms with Crippen molar-refractivity contribution < 1.29 is 22.4 Å². The van der Waals surface area contributed by atoms with Crippen LogP contribution in [0.4, 0.5) is 23.2 Å². The Bertz CT molecular complexity index is 955. The molecule has 2 aliphatic rings. The van der Waals surface area contributed by atoms with Crippen LogP contribution in [-0.4, -0.2) is 43.2 Å². The first-order valence-electron chi connectivity index (χ1n) is 9.76. The molecule has 1 heterocycles. The third-order valence-corrected chi connectivity index (χ3v) is 6.43. The molecule has 1 aliphatic heterocycles. The van der Waals surface area contributed by atoms with E-state index in [1.165, 1.54) is 17.0 Å². The number of benzene rings is 2. The normalized spacial score (nSPS) is 24.1. The number of aryl methyl sites for hydroxylation is 1. The van der Waals surface area contributed by atoms with Crippen LogP contribution in [0.3, 0.4) is 0 Å². The van der Waals surface area contributed by atoms with E-state index in [0.29, 0.717) is 23.7 Å². The Kier molecular flexibility index (Phi) is 5.21. The first-order valence-corrected chi connectivity index (χ1v) is 10.1. The second-order valence-corrected chi connectivity index (χ2v) is 8.42. The zero-order valence-electron chi connectivity index (χ0n) is 16.3. The van der Waals surface area contributed by atoms with Crippen LogP contribution >= 0.6 is 11.6 Å². The molecule has 1 saturated carbocycles. The Hall–Kier alpha value is -2.28. The molecule has 3 nitrogen and oxygen atoms in total. The monoisotopic (exact) mass is 440 g/mol. The molecule has 0 bridgehead atoms. The zero-order chi connectivity index (χ0) is 21.7. The van der Waals surface area contributed by atoms with Crippen molar-refractivity contribution in [3.05, 3.63) is 64.4 Å². The Morgan fingerprint density at radius 2 is 1.70 bits per heavy atom. The van der Waals surface area contributed by atoms with Crippen molar-refractivity contribution >= 4 is 23.2 Å². The summed E-state index contributed by atoms with van der Waals surface area (Å²) in [5.74, 6) is -2.37. The molecule has 0 radical (unpaired) electrons. The predicted molar refractivity (Wildman–Crippen MR) is 107 cm³/mol. The second-order valence-electron chi connectivity index (χ2n) is 7.99. The molecule has 0 spiro atoms. The van der Waals surface area contributed by atoms with Gasteiger partial charge in [-0.15, -0.1) is 0 Å². The van der Waals surface area contributed by atoms with Gasteiger partial charge in [0.05, 0.1) is 0 Å². The van der Waals surface area contributed by atoms with Gasteiger partial charge < -0.3 is 9.80 Å². The number of hydrogen-bond donors (Lipinski definition) is 0. The standard InChI is InChI=1S/C22H21ClF4N2O/c1-14-2-5-16(23)12-19(14)28-8-10-29(11-9-28)20(30)21(22(25,26)27)13-18(21)15-3-6-17(24)7-4-15/h2-7,12,18H,8-11,13H2,1H3. The van der Waals surface area contributed by atoms with Crippen molar-refractivity contribution in [2.24, 2.45) is 5.41 Å². The van der Waals surface area contributed by atoms with Crippen molar-refractivity contribution in [3.8, 4) is 0 Å². The summed E-state index contributed by atoms with van der Waals surface area (Å²) >= 11 is 6.08. The van der Waals surface area contributed by atoms with Gasteiger partial charge in [-0.25, -0.2) is 4.39 Å². The van der Waals surface area contributed by atoms with Crippen LogP contribution < -0.4 is 4.90 Å². The zero-order valence-corrected chi connectivity index (χ0v) is 17.1. The highest BCUT2D eigenvalue weighted by molar-refractivity contribution is 6.30. The van der Waals surface area contributed by atoms with E-state index >= 15 is 0 Å². The van der Waals surface area contributed by atoms with Crippen molar-refractivity contribution in [1.82, 2.24) is 4.90 Å². The fourth-order valence-electron chi connectivity index (χ4n) is 4.39. The lowest BCUT2D eigenvalue weighted by Gasteiger charge is -2.39. The predicted octanol–water partition coefficient (Wildman–Crippen LogP) is 5.17. The molecule has 8 heteroatoms. The summed E-state index contributed by atoms with van der Waals surface area (Å²) in [6.45, 7) is 3.22. The molecule has 2 aromatic rings. The van der Waals surface area contributed by atoms with Gasteiger partial charge in [0.1, 0.15) is 5.82 Å². The van der Waals surface area contributed by atoms with Gasteiger partial charge in [-0.1, -0.05) is 29.8 Å². The van der Waals surface area contributed by atoms with Crippen LogP contribution in [0, 0.1) is 18.2 Å². The van der Waals surface area contributed by atoms with E-state index in [-0.39, 0.29) is 19.5 Å². The van der Waals surface area contributed by atoms with E-state index in [4.69, 9.17) is 11.6 Å². The lowest BCUT2D eigenvalue weighted by atomic mass is 9.96. The fraction of sp³-hybridized carbons (Fsp3) is 0.409. The smallest absolute Gasteiger partial charge is 0.368 e. The number of carbonyl (C=O) groups is 1. The van der Waals surface area contributed by atoms with Crippen molar-refractivity contribution in [2.45, 2.75) is 25.4 Å². The van der Waals surface area contributed by atoms with Gasteiger partial charge >= 0.3 is 6.18 Å². The van der Waals surface area contributed by atoms with Gasteiger partial charge in [0.25, 0.3) is 0 Å². The third kappa shape index (κ3) is 3.53. The van der Waals surface area contributed by atoms with Crippen LogP contribution in [-0.2, 0) is 4.79 Å². The van der Waals surface area contributed by atoms with E-state index in [0.717, 1.165) is 23.4 Å². The molecular formula is C22H21ClF4N2O. The van der Waals surface area contributed by atoms with E-state index in [1.807, 2.05) is 24.0 Å². The molecule has 1 amide bonds. The van der Waals surface area contributed by atoms with Gasteiger partial charge in [-0.05, 0) is 48.7 Å². The first kappa shape index (κ1) is 21.0. The summed E-state index contributed by atoms with van der Waals surface area (Å²) in [6, 6.07) is 10.4. The quantitative estimate of drug-likeness (QED) is 0.614. The second kappa shape index (κ2) is 7.45. The highest BCUT2D eigenvalue weighted by Crippen LogP contribution is 2.68. The summed E-state index contributed by atoms with van der Waals surface area (Å²) in [5.41, 5.74) is -0.130. The van der Waals surface area contributed by atoms with Crippen molar-refractivity contribution in [1.29, 1.82) is 0 Å². The minimum absolute atomic E-state index is 0.207. The summed E-state index contributed by atoms with van der Waals surface area (Å²) < 4.78 is 55.2. The Balaban J connectivity index is 1.51. The average molecular weight is 441 g/mol. The molecule has 2 fully saturated rings. The first-order chi connectivity index (χ1) is 14.1. The summed E-state index contributed by atoms with van der Waals surface area (Å²) in [5, 5.41) is 0.588.